The Hall–Kier alpha value is -1.43. The van der Waals surface area contributed by atoms with E-state index in [2.05, 4.69) is 36.3 Å². The molecular formula is C11H14BrN5. The molecule has 90 valence electrons. The molecule has 0 unspecified atom stereocenters. The molecule has 6 heteroatoms. The van der Waals surface area contributed by atoms with Crippen LogP contribution >= 0.6 is 15.9 Å². The van der Waals surface area contributed by atoms with Gasteiger partial charge in [-0.15, -0.1) is 0 Å². The van der Waals surface area contributed by atoms with Crippen molar-refractivity contribution >= 4 is 21.7 Å². The molecule has 0 aromatic carbocycles. The minimum atomic E-state index is 0.698. The minimum Gasteiger partial charge on any atom is -0.364 e. The Bertz CT molecular complexity index is 508. The van der Waals surface area contributed by atoms with Crippen LogP contribution in [0, 0.1) is 0 Å². The summed E-state index contributed by atoms with van der Waals surface area (Å²) >= 11 is 3.38. The van der Waals surface area contributed by atoms with E-state index in [-0.39, 0.29) is 0 Å². The molecule has 0 aliphatic carbocycles. The quantitative estimate of drug-likeness (QED) is 0.878. The first kappa shape index (κ1) is 12.0. The maximum Gasteiger partial charge on any atom is 0.131 e. The zero-order chi connectivity index (χ0) is 12.3. The second-order valence-electron chi connectivity index (χ2n) is 3.65. The number of aromatic nitrogens is 4. The highest BCUT2D eigenvalue weighted by atomic mass is 79.9. The van der Waals surface area contributed by atoms with Crippen LogP contribution in [0.3, 0.4) is 0 Å². The number of halogens is 1. The van der Waals surface area contributed by atoms with Crippen LogP contribution in [0.2, 0.25) is 0 Å². The largest absolute Gasteiger partial charge is 0.364 e. The van der Waals surface area contributed by atoms with Gasteiger partial charge in [-0.25, -0.2) is 9.97 Å². The summed E-state index contributed by atoms with van der Waals surface area (Å²) in [4.78, 5) is 8.66. The summed E-state index contributed by atoms with van der Waals surface area (Å²) in [7, 11) is 1.92. The molecule has 0 bridgehead atoms. The van der Waals surface area contributed by atoms with Crippen LogP contribution in [-0.4, -0.2) is 19.7 Å². The molecule has 0 spiro atoms. The number of rotatable bonds is 4. The van der Waals surface area contributed by atoms with E-state index in [1.165, 1.54) is 0 Å². The molecular weight excluding hydrogens is 282 g/mol. The number of nitrogens with one attached hydrogen (secondary N) is 1. The number of aryl methyl sites for hydroxylation is 2. The Labute approximate surface area is 108 Å². The van der Waals surface area contributed by atoms with Gasteiger partial charge in [0.2, 0.25) is 0 Å². The van der Waals surface area contributed by atoms with Crippen molar-refractivity contribution in [2.24, 2.45) is 7.05 Å². The van der Waals surface area contributed by atoms with Gasteiger partial charge in [-0.1, -0.05) is 6.92 Å². The van der Waals surface area contributed by atoms with Crippen molar-refractivity contribution < 1.29 is 0 Å². The summed E-state index contributed by atoms with van der Waals surface area (Å²) in [6.45, 7) is 2.73. The third-order valence-corrected chi connectivity index (χ3v) is 2.84. The van der Waals surface area contributed by atoms with E-state index >= 15 is 0 Å². The van der Waals surface area contributed by atoms with Gasteiger partial charge >= 0.3 is 0 Å². The van der Waals surface area contributed by atoms with Crippen LogP contribution in [0.4, 0.5) is 5.82 Å². The second kappa shape index (κ2) is 5.27. The summed E-state index contributed by atoms with van der Waals surface area (Å²) in [6.07, 6.45) is 2.60. The summed E-state index contributed by atoms with van der Waals surface area (Å²) < 4.78 is 2.64. The molecule has 2 aromatic rings. The fourth-order valence-electron chi connectivity index (χ4n) is 1.47. The summed E-state index contributed by atoms with van der Waals surface area (Å²) in [6, 6.07) is 3.85. The van der Waals surface area contributed by atoms with E-state index < -0.39 is 0 Å². The first-order valence-electron chi connectivity index (χ1n) is 5.43. The van der Waals surface area contributed by atoms with Crippen molar-refractivity contribution in [2.75, 3.05) is 5.32 Å². The molecule has 0 saturated carbocycles. The molecule has 5 nitrogen and oxygen atoms in total. The van der Waals surface area contributed by atoms with Gasteiger partial charge in [-0.3, -0.25) is 4.68 Å². The molecule has 2 rings (SSSR count). The maximum absolute atomic E-state index is 4.40. The Balaban J connectivity index is 2.09. The van der Waals surface area contributed by atoms with Crippen molar-refractivity contribution in [3.05, 3.63) is 34.5 Å². The molecule has 0 fully saturated rings. The van der Waals surface area contributed by atoms with Gasteiger partial charge in [0.1, 0.15) is 16.2 Å². The predicted molar refractivity (Wildman–Crippen MR) is 69.6 cm³/mol. The number of nitrogens with zero attached hydrogens (tertiary/aromatic N) is 4. The fraction of sp³-hybridized carbons (Fsp3) is 0.364. The molecule has 2 heterocycles. The molecule has 0 aliphatic heterocycles. The van der Waals surface area contributed by atoms with Gasteiger partial charge in [-0.05, 0) is 22.0 Å². The van der Waals surface area contributed by atoms with Crippen LogP contribution in [0.1, 0.15) is 18.4 Å². The van der Waals surface area contributed by atoms with Crippen molar-refractivity contribution in [3.8, 4) is 0 Å². The van der Waals surface area contributed by atoms with Gasteiger partial charge in [0.05, 0.1) is 12.2 Å². The lowest BCUT2D eigenvalue weighted by atomic mass is 10.4. The second-order valence-corrected chi connectivity index (χ2v) is 4.46. The molecule has 2 aromatic heterocycles. The Morgan fingerprint density at radius 2 is 2.24 bits per heavy atom. The molecule has 0 saturated heterocycles. The van der Waals surface area contributed by atoms with Crippen molar-refractivity contribution in [1.82, 2.24) is 19.7 Å². The Kier molecular flexibility index (Phi) is 3.73. The van der Waals surface area contributed by atoms with Gasteiger partial charge in [0.25, 0.3) is 0 Å². The lowest BCUT2D eigenvalue weighted by molar-refractivity contribution is 0.719. The van der Waals surface area contributed by atoms with Crippen molar-refractivity contribution in [3.63, 3.8) is 0 Å². The van der Waals surface area contributed by atoms with Crippen LogP contribution < -0.4 is 5.32 Å². The third-order valence-electron chi connectivity index (χ3n) is 2.43. The van der Waals surface area contributed by atoms with Crippen molar-refractivity contribution in [1.29, 1.82) is 0 Å². The number of hydrogen-bond donors (Lipinski definition) is 1. The van der Waals surface area contributed by atoms with Gasteiger partial charge in [-0.2, -0.15) is 5.10 Å². The highest BCUT2D eigenvalue weighted by Gasteiger charge is 2.03. The Morgan fingerprint density at radius 1 is 1.41 bits per heavy atom. The van der Waals surface area contributed by atoms with E-state index in [1.807, 2.05) is 30.8 Å². The third kappa shape index (κ3) is 3.03. The normalized spacial score (nSPS) is 10.5. The first-order valence-corrected chi connectivity index (χ1v) is 6.22. The van der Waals surface area contributed by atoms with Gasteiger partial charge < -0.3 is 5.32 Å². The summed E-state index contributed by atoms with van der Waals surface area (Å²) in [5.74, 6) is 1.65. The van der Waals surface area contributed by atoms with Crippen LogP contribution in [0.15, 0.2) is 22.9 Å². The fourth-order valence-corrected chi connectivity index (χ4v) is 1.89. The monoisotopic (exact) mass is 295 g/mol. The summed E-state index contributed by atoms with van der Waals surface area (Å²) in [5, 5.41) is 7.38. The first-order chi connectivity index (χ1) is 8.19. The maximum atomic E-state index is 4.40. The standard InChI is InChI=1S/C11H14BrN5/c1-3-10-15-9(12)6-11(16-10)13-7-8-4-5-14-17(8)2/h4-6H,3,7H2,1-2H3,(H,13,15,16). The van der Waals surface area contributed by atoms with E-state index in [0.29, 0.717) is 6.54 Å². The highest BCUT2D eigenvalue weighted by Crippen LogP contribution is 2.13. The molecule has 1 N–H and O–H groups in total. The van der Waals surface area contributed by atoms with Crippen LogP contribution in [0.25, 0.3) is 0 Å². The van der Waals surface area contributed by atoms with E-state index in [4.69, 9.17) is 0 Å². The van der Waals surface area contributed by atoms with E-state index in [1.54, 1.807) is 6.20 Å². The van der Waals surface area contributed by atoms with Gasteiger partial charge in [0.15, 0.2) is 0 Å². The smallest absolute Gasteiger partial charge is 0.131 e. The predicted octanol–water partition coefficient (Wildman–Crippen LogP) is 2.15. The topological polar surface area (TPSA) is 55.6 Å². The molecule has 0 atom stereocenters. The average molecular weight is 296 g/mol. The van der Waals surface area contributed by atoms with E-state index in [9.17, 15) is 0 Å². The van der Waals surface area contributed by atoms with Crippen molar-refractivity contribution in [2.45, 2.75) is 19.9 Å². The number of hydrogen-bond acceptors (Lipinski definition) is 4. The zero-order valence-electron chi connectivity index (χ0n) is 9.81. The molecule has 0 radical (unpaired) electrons. The zero-order valence-corrected chi connectivity index (χ0v) is 11.4. The van der Waals surface area contributed by atoms with Gasteiger partial charge in [0, 0.05) is 25.7 Å². The minimum absolute atomic E-state index is 0.698. The molecule has 0 amide bonds. The number of anilines is 1. The van der Waals surface area contributed by atoms with Crippen LogP contribution in [-0.2, 0) is 20.0 Å². The van der Waals surface area contributed by atoms with Crippen LogP contribution in [0.5, 0.6) is 0 Å². The molecule has 17 heavy (non-hydrogen) atoms. The SMILES string of the molecule is CCc1nc(Br)cc(NCc2ccnn2C)n1. The summed E-state index contributed by atoms with van der Waals surface area (Å²) in [5.41, 5.74) is 1.11. The lowest BCUT2D eigenvalue weighted by Crippen LogP contribution is -2.07. The average Bonchev–Trinajstić information content (AvgIpc) is 2.71. The Morgan fingerprint density at radius 3 is 2.88 bits per heavy atom. The van der Waals surface area contributed by atoms with E-state index in [0.717, 1.165) is 28.4 Å². The molecule has 0 aliphatic rings. The lowest BCUT2D eigenvalue weighted by Gasteiger charge is -2.07. The highest BCUT2D eigenvalue weighted by molar-refractivity contribution is 9.10.